The van der Waals surface area contributed by atoms with Crippen molar-refractivity contribution < 1.29 is 5.11 Å². The zero-order valence-corrected chi connectivity index (χ0v) is 13.9. The Morgan fingerprint density at radius 3 is 3.00 bits per heavy atom. The van der Waals surface area contributed by atoms with E-state index < -0.39 is 5.60 Å². The molecular weight excluding hydrogens is 282 g/mol. The number of rotatable bonds is 7. The molecule has 0 radical (unpaired) electrons. The van der Waals surface area contributed by atoms with Crippen LogP contribution in [0.1, 0.15) is 57.3 Å². The predicted octanol–water partition coefficient (Wildman–Crippen LogP) is 3.16. The summed E-state index contributed by atoms with van der Waals surface area (Å²) in [5.74, 6) is 0.948. The molecule has 0 spiro atoms. The number of fused-ring (bicyclic) bond motifs is 1. The van der Waals surface area contributed by atoms with Crippen molar-refractivity contribution in [2.24, 2.45) is 5.92 Å². The SMILES string of the molecule is CCC(C)C(C)(O)CNCc1c(C2CC2)nc2sccn12. The third-order valence-corrected chi connectivity index (χ3v) is 5.56. The fraction of sp³-hybridized carbons (Fsp3) is 0.688. The maximum absolute atomic E-state index is 10.5. The number of imidazole rings is 1. The summed E-state index contributed by atoms with van der Waals surface area (Å²) in [6.45, 7) is 7.54. The van der Waals surface area contributed by atoms with Gasteiger partial charge in [0.25, 0.3) is 0 Å². The molecule has 1 fully saturated rings. The molecule has 1 aliphatic rings. The minimum Gasteiger partial charge on any atom is -0.389 e. The van der Waals surface area contributed by atoms with Gasteiger partial charge in [-0.25, -0.2) is 4.98 Å². The molecule has 4 nitrogen and oxygen atoms in total. The van der Waals surface area contributed by atoms with Crippen LogP contribution in [0.5, 0.6) is 0 Å². The number of aromatic nitrogens is 2. The molecule has 0 amide bonds. The van der Waals surface area contributed by atoms with E-state index in [1.807, 2.05) is 6.92 Å². The van der Waals surface area contributed by atoms with E-state index >= 15 is 0 Å². The minimum atomic E-state index is -0.660. The lowest BCUT2D eigenvalue weighted by Gasteiger charge is -2.30. The summed E-state index contributed by atoms with van der Waals surface area (Å²) >= 11 is 1.69. The summed E-state index contributed by atoms with van der Waals surface area (Å²) in [6, 6.07) is 0. The predicted molar refractivity (Wildman–Crippen MR) is 86.8 cm³/mol. The van der Waals surface area contributed by atoms with Gasteiger partial charge in [-0.05, 0) is 25.7 Å². The molecule has 0 aliphatic heterocycles. The second kappa shape index (κ2) is 5.71. The topological polar surface area (TPSA) is 49.6 Å². The van der Waals surface area contributed by atoms with Gasteiger partial charge in [0.1, 0.15) is 0 Å². The number of thiazole rings is 1. The molecule has 0 saturated heterocycles. The summed E-state index contributed by atoms with van der Waals surface area (Å²) in [5, 5.41) is 16.0. The van der Waals surface area contributed by atoms with Crippen molar-refractivity contribution in [3.8, 4) is 0 Å². The number of hydrogen-bond acceptors (Lipinski definition) is 4. The summed E-state index contributed by atoms with van der Waals surface area (Å²) in [7, 11) is 0. The van der Waals surface area contributed by atoms with Crippen LogP contribution in [0.2, 0.25) is 0 Å². The highest BCUT2D eigenvalue weighted by atomic mass is 32.1. The number of nitrogens with zero attached hydrogens (tertiary/aromatic N) is 2. The second-order valence-corrected chi connectivity index (χ2v) is 7.42. The van der Waals surface area contributed by atoms with Crippen molar-refractivity contribution in [3.05, 3.63) is 23.0 Å². The van der Waals surface area contributed by atoms with Gasteiger partial charge in [0.15, 0.2) is 4.96 Å². The molecule has 2 unspecified atom stereocenters. The molecule has 1 saturated carbocycles. The monoisotopic (exact) mass is 307 g/mol. The van der Waals surface area contributed by atoms with E-state index in [1.54, 1.807) is 11.3 Å². The second-order valence-electron chi connectivity index (χ2n) is 6.54. The lowest BCUT2D eigenvalue weighted by atomic mass is 9.88. The molecular formula is C16H25N3OS. The molecule has 2 heterocycles. The number of hydrogen-bond donors (Lipinski definition) is 2. The maximum Gasteiger partial charge on any atom is 0.194 e. The first-order valence-corrected chi connectivity index (χ1v) is 8.78. The van der Waals surface area contributed by atoms with Crippen LogP contribution < -0.4 is 5.32 Å². The van der Waals surface area contributed by atoms with Crippen molar-refractivity contribution >= 4 is 16.3 Å². The number of nitrogens with one attached hydrogen (secondary N) is 1. The Hall–Kier alpha value is -0.910. The largest absolute Gasteiger partial charge is 0.389 e. The molecule has 3 rings (SSSR count). The smallest absolute Gasteiger partial charge is 0.194 e. The standard InChI is InChI=1S/C16H25N3OS/c1-4-11(2)16(3,20)10-17-9-13-14(12-5-6-12)18-15-19(13)7-8-21-15/h7-8,11-12,17,20H,4-6,9-10H2,1-3H3. The zero-order valence-electron chi connectivity index (χ0n) is 13.1. The summed E-state index contributed by atoms with van der Waals surface area (Å²) in [5.41, 5.74) is 1.87. The lowest BCUT2D eigenvalue weighted by Crippen LogP contribution is -2.43. The Kier molecular flexibility index (Phi) is 4.08. The van der Waals surface area contributed by atoms with Crippen molar-refractivity contribution in [3.63, 3.8) is 0 Å². The van der Waals surface area contributed by atoms with Crippen molar-refractivity contribution in [2.75, 3.05) is 6.54 Å². The van der Waals surface area contributed by atoms with Gasteiger partial charge in [-0.2, -0.15) is 0 Å². The van der Waals surface area contributed by atoms with E-state index in [-0.39, 0.29) is 0 Å². The van der Waals surface area contributed by atoms with Gasteiger partial charge in [-0.3, -0.25) is 4.40 Å². The van der Waals surface area contributed by atoms with Crippen LogP contribution in [0, 0.1) is 5.92 Å². The average molecular weight is 307 g/mol. The van der Waals surface area contributed by atoms with Crippen LogP contribution in [0.15, 0.2) is 11.6 Å². The normalized spacial score (nSPS) is 19.8. The molecule has 1 aliphatic carbocycles. The van der Waals surface area contributed by atoms with Gasteiger partial charge in [0, 0.05) is 30.6 Å². The van der Waals surface area contributed by atoms with Crippen molar-refractivity contribution in [1.82, 2.24) is 14.7 Å². The van der Waals surface area contributed by atoms with Gasteiger partial charge in [-0.15, -0.1) is 11.3 Å². The zero-order chi connectivity index (χ0) is 15.0. The van der Waals surface area contributed by atoms with Gasteiger partial charge in [0.2, 0.25) is 0 Å². The molecule has 2 aromatic heterocycles. The van der Waals surface area contributed by atoms with E-state index in [0.717, 1.165) is 17.9 Å². The van der Waals surface area contributed by atoms with Crippen molar-refractivity contribution in [1.29, 1.82) is 0 Å². The molecule has 0 aromatic carbocycles. The minimum absolute atomic E-state index is 0.291. The Labute approximate surface area is 130 Å². The van der Waals surface area contributed by atoms with Crippen molar-refractivity contribution in [2.45, 2.75) is 58.1 Å². The highest BCUT2D eigenvalue weighted by Gasteiger charge is 2.31. The van der Waals surface area contributed by atoms with Crippen LogP contribution >= 0.6 is 11.3 Å². The van der Waals surface area contributed by atoms with Crippen LogP contribution in [0.4, 0.5) is 0 Å². The summed E-state index contributed by atoms with van der Waals surface area (Å²) < 4.78 is 2.20. The van der Waals surface area contributed by atoms with E-state index in [0.29, 0.717) is 18.4 Å². The third-order valence-electron chi connectivity index (χ3n) is 4.81. The Bertz CT molecular complexity index is 612. The van der Waals surface area contributed by atoms with Gasteiger partial charge in [-0.1, -0.05) is 20.3 Å². The van der Waals surface area contributed by atoms with E-state index in [2.05, 4.69) is 35.1 Å². The van der Waals surface area contributed by atoms with Crippen LogP contribution in [-0.2, 0) is 6.54 Å². The van der Waals surface area contributed by atoms with Crippen LogP contribution in [-0.4, -0.2) is 26.6 Å². The Morgan fingerprint density at radius 1 is 1.57 bits per heavy atom. The number of aliphatic hydroxyl groups is 1. The highest BCUT2D eigenvalue weighted by Crippen LogP contribution is 2.41. The Balaban J connectivity index is 1.70. The fourth-order valence-electron chi connectivity index (χ4n) is 2.76. The molecule has 0 bridgehead atoms. The average Bonchev–Trinajstić information content (AvgIpc) is 3.10. The molecule has 21 heavy (non-hydrogen) atoms. The van der Waals surface area contributed by atoms with Gasteiger partial charge < -0.3 is 10.4 Å². The maximum atomic E-state index is 10.5. The molecule has 116 valence electrons. The summed E-state index contributed by atoms with van der Waals surface area (Å²) in [6.07, 6.45) is 5.62. The molecule has 2 atom stereocenters. The lowest BCUT2D eigenvalue weighted by molar-refractivity contribution is 0.00526. The first kappa shape index (κ1) is 15.0. The van der Waals surface area contributed by atoms with Gasteiger partial charge >= 0.3 is 0 Å². The summed E-state index contributed by atoms with van der Waals surface area (Å²) in [4.78, 5) is 5.87. The fourth-order valence-corrected chi connectivity index (χ4v) is 3.50. The van der Waals surface area contributed by atoms with Crippen LogP contribution in [0.3, 0.4) is 0 Å². The van der Waals surface area contributed by atoms with E-state index in [9.17, 15) is 5.11 Å². The third kappa shape index (κ3) is 3.00. The molecule has 2 aromatic rings. The van der Waals surface area contributed by atoms with Crippen LogP contribution in [0.25, 0.3) is 4.96 Å². The highest BCUT2D eigenvalue weighted by molar-refractivity contribution is 7.15. The molecule has 2 N–H and O–H groups in total. The Morgan fingerprint density at radius 2 is 2.33 bits per heavy atom. The van der Waals surface area contributed by atoms with Gasteiger partial charge in [0.05, 0.1) is 17.0 Å². The first-order valence-electron chi connectivity index (χ1n) is 7.90. The molecule has 5 heteroatoms. The first-order chi connectivity index (χ1) is 10.0. The van der Waals surface area contributed by atoms with E-state index in [1.165, 1.54) is 24.2 Å². The van der Waals surface area contributed by atoms with E-state index in [4.69, 9.17) is 4.98 Å². The quantitative estimate of drug-likeness (QED) is 0.826.